The number of nitrogens with one attached hydrogen (secondary N) is 1. The Bertz CT molecular complexity index is 871. The summed E-state index contributed by atoms with van der Waals surface area (Å²) in [4.78, 5) is 27.3. The van der Waals surface area contributed by atoms with E-state index in [1.807, 2.05) is 63.2 Å². The quantitative estimate of drug-likeness (QED) is 0.474. The molecular weight excluding hydrogens is 512 g/mol. The van der Waals surface area contributed by atoms with Gasteiger partial charge in [-0.2, -0.15) is 0 Å². The van der Waals surface area contributed by atoms with E-state index in [2.05, 4.69) is 37.2 Å². The van der Waals surface area contributed by atoms with Crippen LogP contribution in [0.25, 0.3) is 0 Å². The first-order valence-electron chi connectivity index (χ1n) is 9.94. The maximum atomic E-state index is 13.0. The second-order valence-electron chi connectivity index (χ2n) is 7.34. The Morgan fingerprint density at radius 1 is 1.10 bits per heavy atom. The highest BCUT2D eigenvalue weighted by Crippen LogP contribution is 2.22. The number of benzene rings is 2. The van der Waals surface area contributed by atoms with Gasteiger partial charge in [0.25, 0.3) is 5.91 Å². The molecule has 0 saturated carbocycles. The fourth-order valence-corrected chi connectivity index (χ4v) is 3.28. The molecule has 0 spiro atoms. The fourth-order valence-electron chi connectivity index (χ4n) is 2.77. The first-order chi connectivity index (χ1) is 14.2. The topological polar surface area (TPSA) is 58.6 Å². The van der Waals surface area contributed by atoms with Gasteiger partial charge in [0.1, 0.15) is 11.8 Å². The van der Waals surface area contributed by atoms with Crippen LogP contribution in [0.2, 0.25) is 0 Å². The third kappa shape index (κ3) is 7.13. The standard InChI is InChI=1S/C23H28Br2N2O3/c1-5-16(3)26-23(29)17(4)27(13-18-6-8-19(24)9-7-18)22(28)14-30-20-10-11-21(25)15(2)12-20/h6-12,16-17H,5,13-14H2,1-4H3,(H,26,29)/t16-,17-/m0/s1. The number of nitrogens with zero attached hydrogens (tertiary/aromatic N) is 1. The zero-order valence-corrected chi connectivity index (χ0v) is 20.9. The Kier molecular flexibility index (Phi) is 9.37. The van der Waals surface area contributed by atoms with E-state index in [9.17, 15) is 9.59 Å². The summed E-state index contributed by atoms with van der Waals surface area (Å²) in [5.41, 5.74) is 1.96. The summed E-state index contributed by atoms with van der Waals surface area (Å²) in [5.74, 6) is 0.198. The minimum Gasteiger partial charge on any atom is -0.484 e. The lowest BCUT2D eigenvalue weighted by molar-refractivity contribution is -0.142. The van der Waals surface area contributed by atoms with Crippen LogP contribution in [-0.2, 0) is 16.1 Å². The van der Waals surface area contributed by atoms with Crippen LogP contribution in [0.1, 0.15) is 38.3 Å². The molecule has 0 saturated heterocycles. The molecule has 0 aliphatic carbocycles. The SMILES string of the molecule is CC[C@H](C)NC(=O)[C@H](C)N(Cc1ccc(Br)cc1)C(=O)COc1ccc(Br)c(C)c1. The normalized spacial score (nSPS) is 12.7. The van der Waals surface area contributed by atoms with Gasteiger partial charge in [0, 0.05) is 21.5 Å². The van der Waals surface area contributed by atoms with Crippen LogP contribution in [0, 0.1) is 6.92 Å². The van der Waals surface area contributed by atoms with Gasteiger partial charge in [-0.3, -0.25) is 9.59 Å². The second kappa shape index (κ2) is 11.5. The zero-order chi connectivity index (χ0) is 22.3. The molecule has 2 rings (SSSR count). The van der Waals surface area contributed by atoms with Gasteiger partial charge in [0.05, 0.1) is 0 Å². The summed E-state index contributed by atoms with van der Waals surface area (Å²) < 4.78 is 7.66. The molecule has 0 radical (unpaired) electrons. The molecule has 0 aliphatic rings. The van der Waals surface area contributed by atoms with Crippen molar-refractivity contribution < 1.29 is 14.3 Å². The van der Waals surface area contributed by atoms with Crippen LogP contribution in [0.15, 0.2) is 51.4 Å². The predicted octanol–water partition coefficient (Wildman–Crippen LogP) is 5.23. The number of hydrogen-bond acceptors (Lipinski definition) is 3. The predicted molar refractivity (Wildman–Crippen MR) is 126 cm³/mol. The molecule has 0 aromatic heterocycles. The van der Waals surface area contributed by atoms with Gasteiger partial charge in [-0.1, -0.05) is 50.9 Å². The van der Waals surface area contributed by atoms with Gasteiger partial charge in [-0.05, 0) is 68.7 Å². The van der Waals surface area contributed by atoms with Crippen LogP contribution >= 0.6 is 31.9 Å². The minimum absolute atomic E-state index is 0.0478. The molecule has 2 atom stereocenters. The molecule has 1 N–H and O–H groups in total. The van der Waals surface area contributed by atoms with Crippen molar-refractivity contribution >= 4 is 43.7 Å². The van der Waals surface area contributed by atoms with Crippen molar-refractivity contribution in [2.75, 3.05) is 6.61 Å². The maximum Gasteiger partial charge on any atom is 0.261 e. The largest absolute Gasteiger partial charge is 0.484 e. The minimum atomic E-state index is -0.620. The lowest BCUT2D eigenvalue weighted by atomic mass is 10.1. The van der Waals surface area contributed by atoms with Crippen molar-refractivity contribution in [2.45, 2.75) is 52.7 Å². The summed E-state index contributed by atoms with van der Waals surface area (Å²) in [6.45, 7) is 7.85. The van der Waals surface area contributed by atoms with Crippen LogP contribution in [0.5, 0.6) is 5.75 Å². The molecule has 0 aliphatic heterocycles. The molecule has 5 nitrogen and oxygen atoms in total. The van der Waals surface area contributed by atoms with Crippen LogP contribution < -0.4 is 10.1 Å². The van der Waals surface area contributed by atoms with Gasteiger partial charge in [0.2, 0.25) is 5.91 Å². The van der Waals surface area contributed by atoms with Gasteiger partial charge in [-0.25, -0.2) is 0 Å². The summed E-state index contributed by atoms with van der Waals surface area (Å²) in [6.07, 6.45) is 0.825. The molecule has 2 aromatic rings. The van der Waals surface area contributed by atoms with Crippen LogP contribution in [0.4, 0.5) is 0 Å². The Hall–Kier alpha value is -1.86. The number of carbonyl (C=O) groups excluding carboxylic acids is 2. The van der Waals surface area contributed by atoms with E-state index in [0.717, 1.165) is 26.5 Å². The Morgan fingerprint density at radius 3 is 2.37 bits per heavy atom. The highest BCUT2D eigenvalue weighted by Gasteiger charge is 2.27. The average Bonchev–Trinajstić information content (AvgIpc) is 2.73. The van der Waals surface area contributed by atoms with Crippen molar-refractivity contribution in [3.63, 3.8) is 0 Å². The number of carbonyl (C=O) groups is 2. The van der Waals surface area contributed by atoms with Crippen molar-refractivity contribution in [3.8, 4) is 5.75 Å². The molecule has 0 heterocycles. The molecule has 0 bridgehead atoms. The Labute approximate surface area is 195 Å². The zero-order valence-electron chi connectivity index (χ0n) is 17.7. The van der Waals surface area contributed by atoms with E-state index in [0.29, 0.717) is 12.3 Å². The van der Waals surface area contributed by atoms with Gasteiger partial charge in [0.15, 0.2) is 6.61 Å². The third-order valence-electron chi connectivity index (χ3n) is 4.93. The smallest absolute Gasteiger partial charge is 0.261 e. The molecule has 30 heavy (non-hydrogen) atoms. The fraction of sp³-hybridized carbons (Fsp3) is 0.391. The molecular formula is C23H28Br2N2O3. The number of ether oxygens (including phenoxy) is 1. The monoisotopic (exact) mass is 538 g/mol. The second-order valence-corrected chi connectivity index (χ2v) is 9.11. The summed E-state index contributed by atoms with van der Waals surface area (Å²) in [5, 5.41) is 2.96. The lowest BCUT2D eigenvalue weighted by Crippen LogP contribution is -2.50. The summed E-state index contributed by atoms with van der Waals surface area (Å²) in [6, 6.07) is 12.7. The summed E-state index contributed by atoms with van der Waals surface area (Å²) in [7, 11) is 0. The van der Waals surface area contributed by atoms with Gasteiger partial charge >= 0.3 is 0 Å². The number of hydrogen-bond donors (Lipinski definition) is 1. The van der Waals surface area contributed by atoms with Crippen molar-refractivity contribution in [1.82, 2.24) is 10.2 Å². The molecule has 0 unspecified atom stereocenters. The number of halogens is 2. The highest BCUT2D eigenvalue weighted by atomic mass is 79.9. The molecule has 7 heteroatoms. The van der Waals surface area contributed by atoms with E-state index in [1.165, 1.54) is 0 Å². The Balaban J connectivity index is 2.15. The van der Waals surface area contributed by atoms with Crippen molar-refractivity contribution in [1.29, 1.82) is 0 Å². The average molecular weight is 540 g/mol. The van der Waals surface area contributed by atoms with Crippen molar-refractivity contribution in [2.24, 2.45) is 0 Å². The first-order valence-corrected chi connectivity index (χ1v) is 11.5. The van der Waals surface area contributed by atoms with E-state index < -0.39 is 6.04 Å². The Morgan fingerprint density at radius 2 is 1.77 bits per heavy atom. The molecule has 162 valence electrons. The first kappa shape index (κ1) is 24.4. The molecule has 2 amide bonds. The highest BCUT2D eigenvalue weighted by molar-refractivity contribution is 9.10. The van der Waals surface area contributed by atoms with E-state index in [4.69, 9.17) is 4.74 Å². The van der Waals surface area contributed by atoms with Crippen LogP contribution in [-0.4, -0.2) is 35.4 Å². The molecule has 2 aromatic carbocycles. The number of rotatable bonds is 9. The van der Waals surface area contributed by atoms with Gasteiger partial charge in [-0.15, -0.1) is 0 Å². The van der Waals surface area contributed by atoms with E-state index in [-0.39, 0.29) is 24.5 Å². The van der Waals surface area contributed by atoms with Crippen molar-refractivity contribution in [3.05, 3.63) is 62.5 Å². The maximum absolute atomic E-state index is 13.0. The summed E-state index contributed by atoms with van der Waals surface area (Å²) >= 11 is 6.88. The van der Waals surface area contributed by atoms with Crippen LogP contribution in [0.3, 0.4) is 0 Å². The third-order valence-corrected chi connectivity index (χ3v) is 6.34. The van der Waals surface area contributed by atoms with E-state index in [1.54, 1.807) is 11.8 Å². The van der Waals surface area contributed by atoms with E-state index >= 15 is 0 Å². The molecule has 0 fully saturated rings. The number of aryl methyl sites for hydroxylation is 1. The van der Waals surface area contributed by atoms with Gasteiger partial charge < -0.3 is 15.0 Å². The number of amides is 2. The lowest BCUT2D eigenvalue weighted by Gasteiger charge is -2.29.